The number of amides is 1. The summed E-state index contributed by atoms with van der Waals surface area (Å²) in [6, 6.07) is 7.97. The second-order valence-corrected chi connectivity index (χ2v) is 9.04. The topological polar surface area (TPSA) is 74.1 Å². The Hall–Kier alpha value is -2.76. The number of azo groups is 1. The number of ketones is 1. The first-order valence-corrected chi connectivity index (χ1v) is 10.2. The van der Waals surface area contributed by atoms with Gasteiger partial charge in [-0.2, -0.15) is 10.2 Å². The van der Waals surface area contributed by atoms with Gasteiger partial charge in [-0.15, -0.1) is 0 Å². The fraction of sp³-hybridized carbons (Fsp3) is 0.478. The maximum Gasteiger partial charge on any atom is 0.223 e. The summed E-state index contributed by atoms with van der Waals surface area (Å²) in [5.41, 5.74) is 3.99. The summed E-state index contributed by atoms with van der Waals surface area (Å²) in [7, 11) is 1.77. The van der Waals surface area contributed by atoms with E-state index >= 15 is 0 Å². The van der Waals surface area contributed by atoms with Gasteiger partial charge >= 0.3 is 0 Å². The Kier molecular flexibility index (Phi) is 4.48. The minimum atomic E-state index is -0.587. The Labute approximate surface area is 171 Å². The number of nitrogens with zero attached hydrogens (tertiary/aromatic N) is 3. The van der Waals surface area contributed by atoms with Gasteiger partial charge in [-0.25, -0.2) is 0 Å². The third-order valence-corrected chi connectivity index (χ3v) is 6.51. The van der Waals surface area contributed by atoms with Gasteiger partial charge in [0.15, 0.2) is 11.9 Å². The Morgan fingerprint density at radius 1 is 1.31 bits per heavy atom. The largest absolute Gasteiger partial charge is 0.362 e. The van der Waals surface area contributed by atoms with Crippen LogP contribution in [0.25, 0.3) is 0 Å². The third kappa shape index (κ3) is 2.93. The molecule has 0 fully saturated rings. The number of fused-ring (bicyclic) bond motifs is 1. The van der Waals surface area contributed by atoms with Crippen LogP contribution in [0.3, 0.4) is 0 Å². The number of benzene rings is 1. The second-order valence-electron chi connectivity index (χ2n) is 9.04. The van der Waals surface area contributed by atoms with Crippen LogP contribution in [0.1, 0.15) is 52.5 Å². The summed E-state index contributed by atoms with van der Waals surface area (Å²) in [4.78, 5) is 27.0. The molecular formula is C23H28N4O2. The number of nitrogens with one attached hydrogen (secondary N) is 1. The summed E-state index contributed by atoms with van der Waals surface area (Å²) in [5.74, 6) is 0.151. The summed E-state index contributed by atoms with van der Waals surface area (Å²) in [6.45, 7) is 7.93. The third-order valence-electron chi connectivity index (χ3n) is 6.51. The Morgan fingerprint density at radius 3 is 2.76 bits per heavy atom. The zero-order valence-corrected chi connectivity index (χ0v) is 17.7. The lowest BCUT2D eigenvalue weighted by atomic mass is 9.59. The summed E-state index contributed by atoms with van der Waals surface area (Å²) in [6.07, 6.45) is 3.61. The molecular weight excluding hydrogens is 364 g/mol. The van der Waals surface area contributed by atoms with Crippen molar-refractivity contribution in [2.45, 2.75) is 58.5 Å². The lowest BCUT2D eigenvalue weighted by Gasteiger charge is -2.48. The summed E-state index contributed by atoms with van der Waals surface area (Å²) in [5, 5.41) is 12.1. The molecule has 2 heterocycles. The van der Waals surface area contributed by atoms with Crippen molar-refractivity contribution in [3.63, 3.8) is 0 Å². The van der Waals surface area contributed by atoms with E-state index in [1.807, 2.05) is 18.2 Å². The number of allylic oxidation sites excluding steroid dienone is 2. The summed E-state index contributed by atoms with van der Waals surface area (Å²) >= 11 is 0. The minimum Gasteiger partial charge on any atom is -0.362 e. The highest BCUT2D eigenvalue weighted by Gasteiger charge is 2.53. The van der Waals surface area contributed by atoms with Gasteiger partial charge in [0, 0.05) is 42.9 Å². The molecule has 1 amide bonds. The molecule has 6 heteroatoms. The summed E-state index contributed by atoms with van der Waals surface area (Å²) < 4.78 is 0. The van der Waals surface area contributed by atoms with E-state index in [1.165, 1.54) is 0 Å². The number of carbonyl (C=O) groups excluding carboxylic acids is 2. The molecule has 0 saturated heterocycles. The number of rotatable bonds is 3. The van der Waals surface area contributed by atoms with Crippen LogP contribution < -0.4 is 10.2 Å². The van der Waals surface area contributed by atoms with Crippen LogP contribution in [0.4, 0.5) is 5.69 Å². The van der Waals surface area contributed by atoms with Crippen molar-refractivity contribution in [3.8, 4) is 0 Å². The predicted molar refractivity (Wildman–Crippen MR) is 112 cm³/mol. The highest BCUT2D eigenvalue weighted by atomic mass is 16.2. The number of hydrogen-bond acceptors (Lipinski definition) is 5. The van der Waals surface area contributed by atoms with E-state index in [0.29, 0.717) is 6.42 Å². The van der Waals surface area contributed by atoms with Gasteiger partial charge in [0.05, 0.1) is 11.6 Å². The molecule has 0 spiro atoms. The standard InChI is InChI=1S/C23H28N4O2/c1-6-23(15-8-7-9-16(10-15)27(5)14(2)28)17-13-24-26-21(17)25-18-11-22(3,4)12-19(29)20(18)23/h7-10,13,21,25H,6,11-12H2,1-5H3/t21?,23-/m0/s1. The molecule has 6 nitrogen and oxygen atoms in total. The number of Topliss-reactive ketones (excluding diaryl/α,β-unsaturated/α-hetero) is 1. The fourth-order valence-corrected chi connectivity index (χ4v) is 5.05. The molecule has 1 aliphatic carbocycles. The van der Waals surface area contributed by atoms with Gasteiger partial charge in [0.25, 0.3) is 0 Å². The molecule has 0 aromatic heterocycles. The molecule has 1 aromatic carbocycles. The average Bonchev–Trinajstić information content (AvgIpc) is 3.13. The van der Waals surface area contributed by atoms with E-state index in [0.717, 1.165) is 40.9 Å². The first-order valence-electron chi connectivity index (χ1n) is 10.2. The monoisotopic (exact) mass is 392 g/mol. The number of carbonyl (C=O) groups is 2. The van der Waals surface area contributed by atoms with Gasteiger partial charge in [-0.1, -0.05) is 32.9 Å². The molecule has 152 valence electrons. The Morgan fingerprint density at radius 2 is 2.07 bits per heavy atom. The normalized spacial score (nSPS) is 27.1. The molecule has 2 aliphatic heterocycles. The van der Waals surface area contributed by atoms with E-state index in [2.05, 4.69) is 42.4 Å². The second kappa shape index (κ2) is 6.65. The van der Waals surface area contributed by atoms with Gasteiger partial charge < -0.3 is 10.2 Å². The number of anilines is 1. The molecule has 2 atom stereocenters. The molecule has 0 bridgehead atoms. The van der Waals surface area contributed by atoms with Crippen LogP contribution in [0.15, 0.2) is 57.5 Å². The zero-order chi connectivity index (χ0) is 21.0. The highest BCUT2D eigenvalue weighted by molar-refractivity contribution is 6.01. The molecule has 4 rings (SSSR count). The molecule has 29 heavy (non-hydrogen) atoms. The molecule has 1 N–H and O–H groups in total. The van der Waals surface area contributed by atoms with Crippen molar-refractivity contribution >= 4 is 17.4 Å². The van der Waals surface area contributed by atoms with E-state index in [-0.39, 0.29) is 23.3 Å². The predicted octanol–water partition coefficient (Wildman–Crippen LogP) is 4.24. The van der Waals surface area contributed by atoms with Crippen molar-refractivity contribution in [1.82, 2.24) is 5.32 Å². The zero-order valence-electron chi connectivity index (χ0n) is 17.7. The first-order chi connectivity index (χ1) is 13.7. The van der Waals surface area contributed by atoms with Crippen LogP contribution in [-0.4, -0.2) is 24.9 Å². The van der Waals surface area contributed by atoms with E-state index in [1.54, 1.807) is 25.1 Å². The van der Waals surface area contributed by atoms with Crippen LogP contribution in [0.2, 0.25) is 0 Å². The molecule has 0 saturated carbocycles. The fourth-order valence-electron chi connectivity index (χ4n) is 5.05. The maximum absolute atomic E-state index is 13.5. The Bertz CT molecular complexity index is 988. The van der Waals surface area contributed by atoms with Crippen LogP contribution in [0.5, 0.6) is 0 Å². The van der Waals surface area contributed by atoms with E-state index in [4.69, 9.17) is 0 Å². The van der Waals surface area contributed by atoms with Crippen LogP contribution in [-0.2, 0) is 15.0 Å². The molecule has 0 radical (unpaired) electrons. The molecule has 1 unspecified atom stereocenters. The maximum atomic E-state index is 13.5. The van der Waals surface area contributed by atoms with Gasteiger partial charge in [0.2, 0.25) is 5.91 Å². The minimum absolute atomic E-state index is 0.0311. The van der Waals surface area contributed by atoms with Crippen LogP contribution in [0, 0.1) is 5.41 Å². The lowest BCUT2D eigenvalue weighted by Crippen LogP contribution is -2.51. The van der Waals surface area contributed by atoms with Crippen LogP contribution >= 0.6 is 0 Å². The van der Waals surface area contributed by atoms with Crippen molar-refractivity contribution in [3.05, 3.63) is 52.9 Å². The SMILES string of the molecule is CC[C@]1(c2cccc(N(C)C(C)=O)c2)C2=CN=NC2NC2=C1C(=O)CC(C)(C)C2. The average molecular weight is 393 g/mol. The Balaban J connectivity index is 1.96. The van der Waals surface area contributed by atoms with E-state index in [9.17, 15) is 9.59 Å². The van der Waals surface area contributed by atoms with Crippen molar-refractivity contribution in [2.75, 3.05) is 11.9 Å². The van der Waals surface area contributed by atoms with Gasteiger partial charge in [-0.3, -0.25) is 9.59 Å². The van der Waals surface area contributed by atoms with E-state index < -0.39 is 5.41 Å². The van der Waals surface area contributed by atoms with Crippen molar-refractivity contribution in [1.29, 1.82) is 0 Å². The van der Waals surface area contributed by atoms with Gasteiger partial charge in [-0.05, 0) is 36.0 Å². The van der Waals surface area contributed by atoms with Crippen molar-refractivity contribution < 1.29 is 9.59 Å². The molecule has 3 aliphatic rings. The first kappa shape index (κ1) is 19.6. The van der Waals surface area contributed by atoms with Gasteiger partial charge in [0.1, 0.15) is 0 Å². The molecule has 1 aromatic rings. The smallest absolute Gasteiger partial charge is 0.223 e. The highest BCUT2D eigenvalue weighted by Crippen LogP contribution is 2.53. The lowest BCUT2D eigenvalue weighted by molar-refractivity contribution is -0.119. The number of hydrogen-bond donors (Lipinski definition) is 1. The quantitative estimate of drug-likeness (QED) is 0.836. The van der Waals surface area contributed by atoms with Crippen molar-refractivity contribution in [2.24, 2.45) is 15.6 Å².